The van der Waals surface area contributed by atoms with E-state index < -0.39 is 0 Å². The number of benzene rings is 1. The lowest BCUT2D eigenvalue weighted by Gasteiger charge is -2.41. The number of hydrogen-bond donors (Lipinski definition) is 1. The van der Waals surface area contributed by atoms with Gasteiger partial charge >= 0.3 is 0 Å². The molecule has 98 valence electrons. The van der Waals surface area contributed by atoms with E-state index in [1.54, 1.807) is 0 Å². The van der Waals surface area contributed by atoms with Gasteiger partial charge in [0.1, 0.15) is 0 Å². The number of hydrogen-bond acceptors (Lipinski definition) is 2. The van der Waals surface area contributed by atoms with E-state index in [9.17, 15) is 0 Å². The van der Waals surface area contributed by atoms with Crippen molar-refractivity contribution in [1.29, 1.82) is 0 Å². The molecule has 2 aliphatic rings. The van der Waals surface area contributed by atoms with Gasteiger partial charge in [-0.1, -0.05) is 49.6 Å². The summed E-state index contributed by atoms with van der Waals surface area (Å²) in [6.45, 7) is 3.49. The maximum atomic E-state index is 3.74. The van der Waals surface area contributed by atoms with Crippen molar-refractivity contribution >= 4 is 0 Å². The van der Waals surface area contributed by atoms with E-state index in [-0.39, 0.29) is 0 Å². The fourth-order valence-electron chi connectivity index (χ4n) is 3.54. The van der Waals surface area contributed by atoms with Crippen molar-refractivity contribution in [3.05, 3.63) is 35.9 Å². The van der Waals surface area contributed by atoms with Crippen LogP contribution in [-0.4, -0.2) is 30.1 Å². The Morgan fingerprint density at radius 1 is 1.06 bits per heavy atom. The van der Waals surface area contributed by atoms with Crippen LogP contribution >= 0.6 is 0 Å². The summed E-state index contributed by atoms with van der Waals surface area (Å²) in [5.41, 5.74) is 1.46. The first-order valence-corrected chi connectivity index (χ1v) is 7.45. The fourth-order valence-corrected chi connectivity index (χ4v) is 3.54. The third-order valence-electron chi connectivity index (χ3n) is 4.48. The molecule has 0 aromatic heterocycles. The molecule has 1 aliphatic heterocycles. The zero-order valence-corrected chi connectivity index (χ0v) is 11.1. The van der Waals surface area contributed by atoms with E-state index in [1.165, 1.54) is 44.2 Å². The number of fused-ring (bicyclic) bond motifs is 1. The Hall–Kier alpha value is -0.860. The van der Waals surface area contributed by atoms with Gasteiger partial charge in [0.15, 0.2) is 0 Å². The van der Waals surface area contributed by atoms with Crippen molar-refractivity contribution in [2.45, 2.75) is 50.7 Å². The molecule has 0 amide bonds. The molecule has 1 saturated heterocycles. The van der Waals surface area contributed by atoms with Crippen LogP contribution in [0.25, 0.3) is 0 Å². The average Bonchev–Trinajstić information content (AvgIpc) is 2.66. The highest BCUT2D eigenvalue weighted by Crippen LogP contribution is 2.25. The Bertz CT molecular complexity index is 363. The molecule has 0 spiro atoms. The minimum absolute atomic E-state index is 0.741. The van der Waals surface area contributed by atoms with Crippen molar-refractivity contribution in [1.82, 2.24) is 10.2 Å². The second-order valence-corrected chi connectivity index (χ2v) is 5.72. The molecule has 2 fully saturated rings. The summed E-state index contributed by atoms with van der Waals surface area (Å²) in [6.07, 6.45) is 7.00. The molecule has 1 heterocycles. The molecule has 2 heteroatoms. The quantitative estimate of drug-likeness (QED) is 0.860. The van der Waals surface area contributed by atoms with Crippen LogP contribution in [0.5, 0.6) is 0 Å². The van der Waals surface area contributed by atoms with Gasteiger partial charge in [0, 0.05) is 31.7 Å². The van der Waals surface area contributed by atoms with Crippen molar-refractivity contribution in [3.8, 4) is 0 Å². The second-order valence-electron chi connectivity index (χ2n) is 5.72. The third-order valence-corrected chi connectivity index (χ3v) is 4.48. The maximum Gasteiger partial charge on any atom is 0.0253 e. The van der Waals surface area contributed by atoms with Gasteiger partial charge in [-0.15, -0.1) is 0 Å². The van der Waals surface area contributed by atoms with Crippen molar-refractivity contribution in [2.24, 2.45) is 0 Å². The molecule has 18 heavy (non-hydrogen) atoms. The summed E-state index contributed by atoms with van der Waals surface area (Å²) in [4.78, 5) is 2.71. The van der Waals surface area contributed by atoms with Gasteiger partial charge in [-0.25, -0.2) is 0 Å². The van der Waals surface area contributed by atoms with Crippen LogP contribution in [0.2, 0.25) is 0 Å². The molecule has 0 unspecified atom stereocenters. The lowest BCUT2D eigenvalue weighted by molar-refractivity contribution is 0.105. The summed E-state index contributed by atoms with van der Waals surface area (Å²) in [5, 5.41) is 3.74. The number of piperazine rings is 1. The highest BCUT2D eigenvalue weighted by Gasteiger charge is 2.31. The van der Waals surface area contributed by atoms with Crippen LogP contribution in [0.15, 0.2) is 30.3 Å². The molecule has 2 atom stereocenters. The van der Waals surface area contributed by atoms with Crippen molar-refractivity contribution in [3.63, 3.8) is 0 Å². The minimum atomic E-state index is 0.741. The molecule has 1 aliphatic carbocycles. The summed E-state index contributed by atoms with van der Waals surface area (Å²) < 4.78 is 0. The number of rotatable bonds is 2. The van der Waals surface area contributed by atoms with Crippen LogP contribution in [-0.2, 0) is 6.54 Å². The zero-order chi connectivity index (χ0) is 12.2. The summed E-state index contributed by atoms with van der Waals surface area (Å²) in [5.74, 6) is 0. The van der Waals surface area contributed by atoms with E-state index in [4.69, 9.17) is 0 Å². The van der Waals surface area contributed by atoms with Crippen molar-refractivity contribution in [2.75, 3.05) is 13.1 Å². The minimum Gasteiger partial charge on any atom is -0.311 e. The highest BCUT2D eigenvalue weighted by molar-refractivity contribution is 5.15. The predicted octanol–water partition coefficient (Wildman–Crippen LogP) is 2.79. The van der Waals surface area contributed by atoms with E-state index in [0.29, 0.717) is 0 Å². The maximum absolute atomic E-state index is 3.74. The van der Waals surface area contributed by atoms with Gasteiger partial charge in [0.25, 0.3) is 0 Å². The van der Waals surface area contributed by atoms with E-state index >= 15 is 0 Å². The Morgan fingerprint density at radius 2 is 1.89 bits per heavy atom. The third kappa shape index (κ3) is 2.76. The van der Waals surface area contributed by atoms with Gasteiger partial charge in [0.2, 0.25) is 0 Å². The second kappa shape index (κ2) is 5.85. The molecule has 2 nitrogen and oxygen atoms in total. The largest absolute Gasteiger partial charge is 0.311 e. The molecule has 0 bridgehead atoms. The smallest absolute Gasteiger partial charge is 0.0253 e. The van der Waals surface area contributed by atoms with E-state index in [0.717, 1.165) is 25.2 Å². The molecular weight excluding hydrogens is 220 g/mol. The van der Waals surface area contributed by atoms with Crippen LogP contribution in [0.1, 0.15) is 37.7 Å². The topological polar surface area (TPSA) is 15.3 Å². The molecule has 1 aromatic carbocycles. The summed E-state index contributed by atoms with van der Waals surface area (Å²) in [6, 6.07) is 12.4. The van der Waals surface area contributed by atoms with E-state index in [1.807, 2.05) is 0 Å². The standard InChI is InChI=1S/C16H24N2/c1-3-7-14(8-4-1)13-18-12-11-17-15-9-5-2-6-10-16(15)18/h1,3-4,7-8,15-17H,2,5-6,9-13H2/t15-,16-/m1/s1. The van der Waals surface area contributed by atoms with Crippen LogP contribution in [0.4, 0.5) is 0 Å². The fraction of sp³-hybridized carbons (Fsp3) is 0.625. The van der Waals surface area contributed by atoms with Crippen molar-refractivity contribution < 1.29 is 0 Å². The first-order chi connectivity index (χ1) is 8.93. The zero-order valence-electron chi connectivity index (χ0n) is 11.1. The van der Waals surface area contributed by atoms with Gasteiger partial charge in [-0.3, -0.25) is 4.90 Å². The molecule has 1 saturated carbocycles. The predicted molar refractivity (Wildman–Crippen MR) is 75.5 cm³/mol. The van der Waals surface area contributed by atoms with Crippen LogP contribution in [0, 0.1) is 0 Å². The highest BCUT2D eigenvalue weighted by atomic mass is 15.2. The Balaban J connectivity index is 1.70. The summed E-state index contributed by atoms with van der Waals surface area (Å²) >= 11 is 0. The monoisotopic (exact) mass is 244 g/mol. The molecular formula is C16H24N2. The molecule has 1 aromatic rings. The lowest BCUT2D eigenvalue weighted by atomic mass is 9.98. The lowest BCUT2D eigenvalue weighted by Crippen LogP contribution is -2.56. The Labute approximate surface area is 110 Å². The number of nitrogens with zero attached hydrogens (tertiary/aromatic N) is 1. The first-order valence-electron chi connectivity index (χ1n) is 7.45. The SMILES string of the molecule is c1ccc(CN2CCN[C@@H]3CCCCC[C@H]32)cc1. The molecule has 0 radical (unpaired) electrons. The van der Waals surface area contributed by atoms with Gasteiger partial charge < -0.3 is 5.32 Å². The van der Waals surface area contributed by atoms with Crippen LogP contribution in [0.3, 0.4) is 0 Å². The normalized spacial score (nSPS) is 29.6. The Morgan fingerprint density at radius 3 is 2.78 bits per heavy atom. The van der Waals surface area contributed by atoms with E-state index in [2.05, 4.69) is 40.5 Å². The summed E-state index contributed by atoms with van der Waals surface area (Å²) in [7, 11) is 0. The Kier molecular flexibility index (Phi) is 3.96. The molecule has 3 rings (SSSR count). The van der Waals surface area contributed by atoms with Gasteiger partial charge in [-0.2, -0.15) is 0 Å². The molecule has 1 N–H and O–H groups in total. The van der Waals surface area contributed by atoms with Crippen LogP contribution < -0.4 is 5.32 Å². The van der Waals surface area contributed by atoms with Gasteiger partial charge in [0.05, 0.1) is 0 Å². The number of nitrogens with one attached hydrogen (secondary N) is 1. The first kappa shape index (κ1) is 12.2. The average molecular weight is 244 g/mol. The van der Waals surface area contributed by atoms with Gasteiger partial charge in [-0.05, 0) is 18.4 Å².